The molecule has 0 radical (unpaired) electrons. The lowest BCUT2D eigenvalue weighted by Gasteiger charge is -2.38. The molecule has 2 unspecified atom stereocenters. The van der Waals surface area contributed by atoms with Crippen LogP contribution < -0.4 is 5.32 Å². The highest BCUT2D eigenvalue weighted by molar-refractivity contribution is 5.08. The zero-order valence-electron chi connectivity index (χ0n) is 10.6. The summed E-state index contributed by atoms with van der Waals surface area (Å²) in [5.41, 5.74) is 4.40. The van der Waals surface area contributed by atoms with Crippen molar-refractivity contribution in [2.24, 2.45) is 5.92 Å². The second-order valence-corrected chi connectivity index (χ2v) is 4.65. The van der Waals surface area contributed by atoms with Crippen molar-refractivity contribution in [3.63, 3.8) is 0 Å². The van der Waals surface area contributed by atoms with Gasteiger partial charge in [0.25, 0.3) is 0 Å². The molecule has 0 amide bonds. The third-order valence-electron chi connectivity index (χ3n) is 3.24. The third kappa shape index (κ3) is 3.32. The van der Waals surface area contributed by atoms with Crippen LogP contribution in [-0.2, 0) is 0 Å². The van der Waals surface area contributed by atoms with E-state index < -0.39 is 0 Å². The van der Waals surface area contributed by atoms with Gasteiger partial charge in [0, 0.05) is 17.5 Å². The summed E-state index contributed by atoms with van der Waals surface area (Å²) in [7, 11) is 0. The summed E-state index contributed by atoms with van der Waals surface area (Å²) in [6.07, 6.45) is 1.12. The molecule has 0 aliphatic rings. The van der Waals surface area contributed by atoms with Gasteiger partial charge in [-0.2, -0.15) is 0 Å². The van der Waals surface area contributed by atoms with Gasteiger partial charge in [0.15, 0.2) is 0 Å². The molecule has 0 aromatic heterocycles. The lowest BCUT2D eigenvalue weighted by Crippen LogP contribution is -2.50. The first-order valence-corrected chi connectivity index (χ1v) is 5.51. The molecular formula is C13H25N. The van der Waals surface area contributed by atoms with Crippen LogP contribution in [0.5, 0.6) is 0 Å². The molecule has 0 heterocycles. The Hall–Kier alpha value is -0.520. The fraction of sp³-hybridized carbons (Fsp3) is 0.769. The van der Waals surface area contributed by atoms with Gasteiger partial charge in [-0.05, 0) is 25.8 Å². The highest BCUT2D eigenvalue weighted by Crippen LogP contribution is 2.27. The maximum absolute atomic E-state index is 3.72. The van der Waals surface area contributed by atoms with Crippen molar-refractivity contribution in [3.8, 4) is 0 Å². The molecule has 0 rings (SSSR count). The fourth-order valence-electron chi connectivity index (χ4n) is 1.82. The molecule has 0 fully saturated rings. The van der Waals surface area contributed by atoms with Crippen LogP contribution >= 0.6 is 0 Å². The molecule has 2 atom stereocenters. The fourth-order valence-corrected chi connectivity index (χ4v) is 1.82. The molecule has 1 heteroatoms. The van der Waals surface area contributed by atoms with Crippen molar-refractivity contribution in [1.82, 2.24) is 5.32 Å². The molecule has 0 bridgehead atoms. The van der Waals surface area contributed by atoms with Crippen LogP contribution in [0.15, 0.2) is 17.9 Å². The quantitative estimate of drug-likeness (QED) is 0.662. The monoisotopic (exact) mass is 195 g/mol. The van der Waals surface area contributed by atoms with Crippen molar-refractivity contribution >= 4 is 0 Å². The van der Waals surface area contributed by atoms with Gasteiger partial charge in [-0.3, -0.25) is 0 Å². The highest BCUT2D eigenvalue weighted by Gasteiger charge is 2.30. The number of rotatable bonds is 5. The predicted octanol–water partition coefficient (Wildman–Crippen LogP) is 3.52. The second kappa shape index (κ2) is 5.38. The largest absolute Gasteiger partial charge is 0.309 e. The molecule has 0 spiro atoms. The van der Waals surface area contributed by atoms with Crippen LogP contribution in [0.1, 0.15) is 48.0 Å². The summed E-state index contributed by atoms with van der Waals surface area (Å²) in [5.74, 6) is 0.479. The molecule has 1 nitrogen and oxygen atoms in total. The zero-order chi connectivity index (χ0) is 11.4. The van der Waals surface area contributed by atoms with E-state index in [1.165, 1.54) is 5.57 Å². The van der Waals surface area contributed by atoms with Gasteiger partial charge in [-0.25, -0.2) is 0 Å². The number of hydrogen-bond donors (Lipinski definition) is 1. The van der Waals surface area contributed by atoms with Crippen molar-refractivity contribution in [2.45, 2.75) is 59.5 Å². The molecule has 0 aromatic carbocycles. The van der Waals surface area contributed by atoms with Gasteiger partial charge in [-0.1, -0.05) is 34.3 Å². The molecule has 82 valence electrons. The van der Waals surface area contributed by atoms with Crippen molar-refractivity contribution in [2.75, 3.05) is 0 Å². The first-order chi connectivity index (χ1) is 6.37. The van der Waals surface area contributed by atoms with E-state index in [0.29, 0.717) is 12.0 Å². The summed E-state index contributed by atoms with van der Waals surface area (Å²) in [6.45, 7) is 16.9. The van der Waals surface area contributed by atoms with Crippen LogP contribution in [-0.4, -0.2) is 11.6 Å². The first-order valence-electron chi connectivity index (χ1n) is 5.51. The van der Waals surface area contributed by atoms with E-state index in [4.69, 9.17) is 0 Å². The van der Waals surface area contributed by atoms with Crippen LogP contribution in [0.25, 0.3) is 0 Å². The van der Waals surface area contributed by atoms with Gasteiger partial charge >= 0.3 is 0 Å². The van der Waals surface area contributed by atoms with Crippen molar-refractivity contribution in [3.05, 3.63) is 17.9 Å². The van der Waals surface area contributed by atoms with Crippen LogP contribution in [0.2, 0.25) is 0 Å². The average molecular weight is 195 g/mol. The minimum Gasteiger partial charge on any atom is -0.309 e. The molecule has 0 aromatic rings. The molecule has 0 aliphatic carbocycles. The SMILES string of the molecule is C=C=C(C)C(C)C(C)(CC)NC(C)C. The Kier molecular flexibility index (Phi) is 5.18. The lowest BCUT2D eigenvalue weighted by molar-refractivity contribution is 0.245. The van der Waals surface area contributed by atoms with Gasteiger partial charge in [0.1, 0.15) is 0 Å². The number of hydrogen-bond acceptors (Lipinski definition) is 1. The van der Waals surface area contributed by atoms with E-state index in [-0.39, 0.29) is 5.54 Å². The Morgan fingerprint density at radius 1 is 1.43 bits per heavy atom. The van der Waals surface area contributed by atoms with Crippen LogP contribution in [0.3, 0.4) is 0 Å². The van der Waals surface area contributed by atoms with Gasteiger partial charge < -0.3 is 5.32 Å². The van der Waals surface area contributed by atoms with Crippen LogP contribution in [0, 0.1) is 5.92 Å². The first kappa shape index (κ1) is 13.5. The standard InChI is InChI=1S/C13H25N/c1-8-11(5)12(6)13(7,9-2)14-10(3)4/h10,12,14H,1,9H2,2-7H3. The normalized spacial score (nSPS) is 17.4. The summed E-state index contributed by atoms with van der Waals surface area (Å²) in [4.78, 5) is 0. The summed E-state index contributed by atoms with van der Waals surface area (Å²) in [5, 5.41) is 3.63. The predicted molar refractivity (Wildman–Crippen MR) is 64.5 cm³/mol. The molecule has 0 aliphatic heterocycles. The van der Waals surface area contributed by atoms with Gasteiger partial charge in [0.05, 0.1) is 0 Å². The van der Waals surface area contributed by atoms with E-state index in [0.717, 1.165) is 6.42 Å². The average Bonchev–Trinajstić information content (AvgIpc) is 2.14. The van der Waals surface area contributed by atoms with E-state index in [1.807, 2.05) is 0 Å². The minimum absolute atomic E-state index is 0.156. The third-order valence-corrected chi connectivity index (χ3v) is 3.24. The van der Waals surface area contributed by atoms with E-state index in [2.05, 4.69) is 59.2 Å². The van der Waals surface area contributed by atoms with Crippen LogP contribution in [0.4, 0.5) is 0 Å². The van der Waals surface area contributed by atoms with Gasteiger partial charge in [-0.15, -0.1) is 5.73 Å². The topological polar surface area (TPSA) is 12.0 Å². The van der Waals surface area contributed by atoms with E-state index in [9.17, 15) is 0 Å². The van der Waals surface area contributed by atoms with E-state index in [1.54, 1.807) is 0 Å². The molecule has 14 heavy (non-hydrogen) atoms. The Morgan fingerprint density at radius 3 is 2.21 bits per heavy atom. The Bertz CT molecular complexity index is 223. The summed E-state index contributed by atoms with van der Waals surface area (Å²) in [6, 6.07) is 0.514. The maximum atomic E-state index is 3.72. The lowest BCUT2D eigenvalue weighted by atomic mass is 9.80. The minimum atomic E-state index is 0.156. The maximum Gasteiger partial charge on any atom is 0.0221 e. The Labute approximate surface area is 89.3 Å². The Balaban J connectivity index is 4.75. The summed E-state index contributed by atoms with van der Waals surface area (Å²) < 4.78 is 0. The smallest absolute Gasteiger partial charge is 0.0221 e. The van der Waals surface area contributed by atoms with Gasteiger partial charge in [0.2, 0.25) is 0 Å². The zero-order valence-corrected chi connectivity index (χ0v) is 10.6. The van der Waals surface area contributed by atoms with Crippen molar-refractivity contribution in [1.29, 1.82) is 0 Å². The molecule has 0 saturated heterocycles. The molecule has 1 N–H and O–H groups in total. The Morgan fingerprint density at radius 2 is 1.93 bits per heavy atom. The summed E-state index contributed by atoms with van der Waals surface area (Å²) >= 11 is 0. The molecule has 0 saturated carbocycles. The highest BCUT2D eigenvalue weighted by atomic mass is 15.0. The number of nitrogens with one attached hydrogen (secondary N) is 1. The van der Waals surface area contributed by atoms with Crippen molar-refractivity contribution < 1.29 is 0 Å². The van der Waals surface area contributed by atoms with E-state index >= 15 is 0 Å². The molecular weight excluding hydrogens is 170 g/mol. The second-order valence-electron chi connectivity index (χ2n) is 4.65.